The molecule has 0 aromatic carbocycles. The largest absolute Gasteiger partial charge is 0.414 e. The van der Waals surface area contributed by atoms with E-state index in [1.165, 1.54) is 25.7 Å². The first-order valence-electron chi connectivity index (χ1n) is 23.4. The molecule has 9 heteroatoms. The number of fused-ring (bicyclic) bond motifs is 5. The first-order chi connectivity index (χ1) is 26.7. The highest BCUT2D eigenvalue weighted by Gasteiger charge is 2.61. The highest BCUT2D eigenvalue weighted by molar-refractivity contribution is 6.74. The summed E-state index contributed by atoms with van der Waals surface area (Å²) in [5, 5.41) is 11.3. The second kappa shape index (κ2) is 17.7. The van der Waals surface area contributed by atoms with Crippen LogP contribution in [0.2, 0.25) is 36.3 Å². The van der Waals surface area contributed by atoms with Gasteiger partial charge < -0.3 is 27.8 Å². The first-order valence-corrected chi connectivity index (χ1v) is 29.2. The van der Waals surface area contributed by atoms with Gasteiger partial charge in [-0.25, -0.2) is 0 Å². The Kier molecular flexibility index (Phi) is 14.7. The van der Waals surface area contributed by atoms with E-state index >= 15 is 0 Å². The molecular weight excluding hydrogens is 755 g/mol. The molecule has 1 heterocycles. The number of hydrogen-bond donors (Lipinski definition) is 0. The number of nitrogens with zero attached hydrogens (tertiary/aromatic N) is 1. The van der Waals surface area contributed by atoms with Gasteiger partial charge in [0, 0.05) is 25.0 Å². The van der Waals surface area contributed by atoms with Crippen LogP contribution >= 0.6 is 0 Å². The van der Waals surface area contributed by atoms with Gasteiger partial charge in [0.1, 0.15) is 0 Å². The van der Waals surface area contributed by atoms with Crippen LogP contribution in [0.3, 0.4) is 0 Å². The maximum absolute atomic E-state index is 11.0. The van der Waals surface area contributed by atoms with Gasteiger partial charge in [0.25, 0.3) is 0 Å². The lowest BCUT2D eigenvalue weighted by atomic mass is 9.49. The summed E-state index contributed by atoms with van der Waals surface area (Å²) >= 11 is 0. The Morgan fingerprint density at radius 2 is 1.55 bits per heavy atom. The topological polar surface area (TPSA) is 79.2 Å². The lowest BCUT2D eigenvalue weighted by molar-refractivity contribution is -0.228. The van der Waals surface area contributed by atoms with Gasteiger partial charge in [0.2, 0.25) is 0 Å². The van der Waals surface area contributed by atoms with Crippen molar-refractivity contribution < 1.29 is 27.8 Å². The van der Waals surface area contributed by atoms with E-state index in [4.69, 9.17) is 27.8 Å². The maximum atomic E-state index is 11.0. The molecule has 0 spiro atoms. The van der Waals surface area contributed by atoms with Crippen LogP contribution in [-0.4, -0.2) is 72.8 Å². The van der Waals surface area contributed by atoms with Gasteiger partial charge in [0.05, 0.1) is 37.1 Å². The lowest BCUT2D eigenvalue weighted by Gasteiger charge is -2.59. The van der Waals surface area contributed by atoms with E-state index in [2.05, 4.69) is 121 Å². The average molecular weight is 842 g/mol. The highest BCUT2D eigenvalue weighted by Crippen LogP contribution is 2.67. The van der Waals surface area contributed by atoms with E-state index in [-0.39, 0.29) is 39.4 Å². The summed E-state index contributed by atoms with van der Waals surface area (Å²) in [7, 11) is -4.06. The van der Waals surface area contributed by atoms with Crippen molar-refractivity contribution in [1.82, 2.24) is 0 Å². The Morgan fingerprint density at radius 3 is 2.16 bits per heavy atom. The van der Waals surface area contributed by atoms with Gasteiger partial charge in [0.15, 0.2) is 28.5 Å². The fourth-order valence-corrected chi connectivity index (χ4v) is 14.4. The molecule has 2 unspecified atom stereocenters. The predicted molar refractivity (Wildman–Crippen MR) is 243 cm³/mol. The minimum absolute atomic E-state index is 0.0457. The SMILES string of the molecule is CCOCCOC(C#N)(C[C@@H](C)[C@H]1CC[C@H]2C3=CC=C4C[C@@H](O[Si](C)(C)C(C)(C)C)C[C@H](O[Si](C)(C)C(C)(C)C)[C@]4(C)[C@H]3CC[C@]12C)CC(C)(C)OC1CCCCO1. The summed E-state index contributed by atoms with van der Waals surface area (Å²) in [5.41, 5.74) is 1.79. The Morgan fingerprint density at radius 1 is 0.879 bits per heavy atom. The normalized spacial score (nSPS) is 33.8. The predicted octanol–water partition coefficient (Wildman–Crippen LogP) is 12.9. The maximum Gasteiger partial charge on any atom is 0.192 e. The molecule has 5 rings (SSSR count). The molecule has 1 saturated heterocycles. The average Bonchev–Trinajstić information content (AvgIpc) is 3.47. The van der Waals surface area contributed by atoms with Gasteiger partial charge >= 0.3 is 0 Å². The Balaban J connectivity index is 1.42. The van der Waals surface area contributed by atoms with Gasteiger partial charge in [-0.05, 0) is 150 Å². The molecular formula is C49H87NO6Si2. The summed E-state index contributed by atoms with van der Waals surface area (Å²) in [6.07, 6.45) is 16.2. The zero-order chi connectivity index (χ0) is 43.2. The molecule has 4 fully saturated rings. The molecule has 332 valence electrons. The van der Waals surface area contributed by atoms with Crippen LogP contribution in [0.25, 0.3) is 0 Å². The molecule has 4 aliphatic carbocycles. The van der Waals surface area contributed by atoms with Crippen molar-refractivity contribution in [3.63, 3.8) is 0 Å². The molecule has 3 saturated carbocycles. The van der Waals surface area contributed by atoms with E-state index in [1.54, 1.807) is 11.1 Å². The zero-order valence-corrected chi connectivity index (χ0v) is 42.2. The molecule has 1 aliphatic heterocycles. The minimum Gasteiger partial charge on any atom is -0.414 e. The third-order valence-corrected chi connectivity index (χ3v) is 25.9. The standard InChI is InChI=1S/C49H87NO6Si2/c1-17-51-28-29-53-49(34-50,33-46(9,10)54-43-20-18-19-27-52-43)32-35(2)39-23-24-40-38-22-21-36-30-37(55-57(13,14)44(3,4)5)31-42(56-58(15,16)45(6,7)8)48(36,12)41(38)25-26-47(39,40)11/h21-22,35,37,39-43H,17-20,23-33H2,1-16H3/t35-,37-,39-,40+,41+,42+,43?,47-,48+,49?/m1/s1. The highest BCUT2D eigenvalue weighted by atomic mass is 28.4. The number of allylic oxidation sites excluding steroid dienone is 3. The van der Waals surface area contributed by atoms with Crippen molar-refractivity contribution in [2.75, 3.05) is 26.4 Å². The zero-order valence-electron chi connectivity index (χ0n) is 40.2. The van der Waals surface area contributed by atoms with Crippen molar-refractivity contribution >= 4 is 16.6 Å². The van der Waals surface area contributed by atoms with Crippen molar-refractivity contribution in [3.8, 4) is 6.07 Å². The number of ether oxygens (including phenoxy) is 4. The molecule has 0 bridgehead atoms. The molecule has 0 amide bonds. The van der Waals surface area contributed by atoms with Crippen LogP contribution in [0.4, 0.5) is 0 Å². The molecule has 0 N–H and O–H groups in total. The summed E-state index contributed by atoms with van der Waals surface area (Å²) in [6, 6.07) is 2.73. The van der Waals surface area contributed by atoms with Crippen LogP contribution in [0.15, 0.2) is 23.3 Å². The Hall–Kier alpha value is -0.836. The quantitative estimate of drug-likeness (QED) is 0.113. The summed E-state index contributed by atoms with van der Waals surface area (Å²) in [6.45, 7) is 40.0. The molecule has 0 radical (unpaired) electrons. The van der Waals surface area contributed by atoms with Crippen molar-refractivity contribution in [3.05, 3.63) is 23.3 Å². The van der Waals surface area contributed by atoms with Gasteiger partial charge in [-0.2, -0.15) is 5.26 Å². The second-order valence-corrected chi connectivity index (χ2v) is 33.0. The van der Waals surface area contributed by atoms with Crippen LogP contribution in [0.1, 0.15) is 154 Å². The number of rotatable bonds is 16. The van der Waals surface area contributed by atoms with Gasteiger partial charge in [-0.1, -0.05) is 85.6 Å². The van der Waals surface area contributed by atoms with E-state index in [0.29, 0.717) is 56.3 Å². The van der Waals surface area contributed by atoms with Crippen LogP contribution < -0.4 is 0 Å². The van der Waals surface area contributed by atoms with Crippen molar-refractivity contribution in [1.29, 1.82) is 5.26 Å². The van der Waals surface area contributed by atoms with E-state index in [9.17, 15) is 5.26 Å². The number of nitriles is 1. The summed E-state index contributed by atoms with van der Waals surface area (Å²) in [4.78, 5) is 0. The fraction of sp³-hybridized carbons (Fsp3) is 0.898. The van der Waals surface area contributed by atoms with Crippen LogP contribution in [0.5, 0.6) is 0 Å². The molecule has 0 aromatic rings. The van der Waals surface area contributed by atoms with Crippen molar-refractivity contribution in [2.24, 2.45) is 34.5 Å². The molecule has 10 atom stereocenters. The Bertz CT molecular complexity index is 1510. The lowest BCUT2D eigenvalue weighted by Crippen LogP contribution is -2.58. The second-order valence-electron chi connectivity index (χ2n) is 23.5. The van der Waals surface area contributed by atoms with Gasteiger partial charge in [-0.3, -0.25) is 0 Å². The first kappa shape index (κ1) is 48.2. The third-order valence-electron chi connectivity index (χ3n) is 16.8. The monoisotopic (exact) mass is 842 g/mol. The Labute approximate surface area is 358 Å². The van der Waals surface area contributed by atoms with E-state index in [0.717, 1.165) is 38.7 Å². The fourth-order valence-electron chi connectivity index (χ4n) is 11.7. The number of hydrogen-bond acceptors (Lipinski definition) is 7. The van der Waals surface area contributed by atoms with E-state index in [1.807, 2.05) is 6.92 Å². The third kappa shape index (κ3) is 10.0. The van der Waals surface area contributed by atoms with Gasteiger partial charge in [-0.15, -0.1) is 0 Å². The van der Waals surface area contributed by atoms with E-state index < -0.39 is 27.8 Å². The molecule has 5 aliphatic rings. The summed E-state index contributed by atoms with van der Waals surface area (Å²) in [5.74, 6) is 1.81. The summed E-state index contributed by atoms with van der Waals surface area (Å²) < 4.78 is 39.8. The molecule has 7 nitrogen and oxygen atoms in total. The van der Waals surface area contributed by atoms with Crippen molar-refractivity contribution in [2.45, 2.75) is 220 Å². The molecule has 58 heavy (non-hydrogen) atoms. The molecule has 0 aromatic heterocycles. The smallest absolute Gasteiger partial charge is 0.192 e. The van der Waals surface area contributed by atoms with Crippen LogP contribution in [-0.2, 0) is 27.8 Å². The minimum atomic E-state index is -2.09. The van der Waals surface area contributed by atoms with Crippen LogP contribution in [0, 0.1) is 45.8 Å².